The Morgan fingerprint density at radius 3 is 2.64 bits per heavy atom. The molecule has 0 N–H and O–H groups in total. The Labute approximate surface area is 141 Å². The number of aromatic nitrogens is 7. The van der Waals surface area contributed by atoms with E-state index < -0.39 is 5.69 Å². The number of benzene rings is 1. The lowest BCUT2D eigenvalue weighted by Crippen LogP contribution is -2.25. The van der Waals surface area contributed by atoms with Crippen molar-refractivity contribution in [3.63, 3.8) is 0 Å². The van der Waals surface area contributed by atoms with E-state index >= 15 is 0 Å². The number of tetrazole rings is 1. The van der Waals surface area contributed by atoms with E-state index in [1.807, 2.05) is 10.9 Å². The molecular weight excluding hydrogens is 329 g/mol. The number of nitrogens with zero attached hydrogens (tertiary/aromatic N) is 7. The van der Waals surface area contributed by atoms with E-state index in [-0.39, 0.29) is 18.4 Å². The van der Waals surface area contributed by atoms with Gasteiger partial charge in [-0.2, -0.15) is 9.36 Å². The molecule has 3 heterocycles. The second-order valence-electron chi connectivity index (χ2n) is 5.84. The van der Waals surface area contributed by atoms with Crippen LogP contribution >= 0.6 is 0 Å². The van der Waals surface area contributed by atoms with Crippen molar-refractivity contribution in [1.29, 1.82) is 0 Å². The maximum atomic E-state index is 13.0. The van der Waals surface area contributed by atoms with Crippen molar-refractivity contribution in [2.75, 3.05) is 13.2 Å². The molecule has 0 aliphatic carbocycles. The molecule has 9 nitrogen and oxygen atoms in total. The zero-order valence-corrected chi connectivity index (χ0v) is 13.3. The van der Waals surface area contributed by atoms with E-state index in [4.69, 9.17) is 4.74 Å². The lowest BCUT2D eigenvalue weighted by molar-refractivity contribution is 0.0657. The molecule has 0 atom stereocenters. The summed E-state index contributed by atoms with van der Waals surface area (Å²) in [6.45, 7) is 1.60. The molecule has 1 aliphatic rings. The second kappa shape index (κ2) is 6.55. The quantitative estimate of drug-likeness (QED) is 0.686. The molecule has 0 spiro atoms. The highest BCUT2D eigenvalue weighted by atomic mass is 19.1. The van der Waals surface area contributed by atoms with Gasteiger partial charge in [0.05, 0.1) is 24.5 Å². The maximum absolute atomic E-state index is 13.0. The van der Waals surface area contributed by atoms with Crippen LogP contribution in [0.1, 0.15) is 24.6 Å². The first-order valence-electron chi connectivity index (χ1n) is 7.98. The molecule has 1 aliphatic heterocycles. The van der Waals surface area contributed by atoms with Crippen LogP contribution in [0.2, 0.25) is 0 Å². The van der Waals surface area contributed by atoms with Crippen LogP contribution in [0.15, 0.2) is 35.3 Å². The van der Waals surface area contributed by atoms with Gasteiger partial charge in [-0.15, -0.1) is 5.10 Å². The molecule has 1 aromatic carbocycles. The van der Waals surface area contributed by atoms with Gasteiger partial charge in [0.1, 0.15) is 11.5 Å². The van der Waals surface area contributed by atoms with E-state index in [0.717, 1.165) is 17.5 Å². The molecule has 130 valence electrons. The first-order chi connectivity index (χ1) is 12.2. The van der Waals surface area contributed by atoms with E-state index in [1.54, 1.807) is 0 Å². The van der Waals surface area contributed by atoms with Gasteiger partial charge in [0.2, 0.25) is 0 Å². The molecule has 10 heteroatoms. The summed E-state index contributed by atoms with van der Waals surface area (Å²) >= 11 is 0. The van der Waals surface area contributed by atoms with E-state index in [2.05, 4.69) is 20.7 Å². The Hall–Kier alpha value is -2.88. The molecule has 3 aromatic rings. The number of ether oxygens (including phenoxy) is 1. The van der Waals surface area contributed by atoms with Crippen LogP contribution in [0.4, 0.5) is 4.39 Å². The third-order valence-electron chi connectivity index (χ3n) is 4.15. The molecule has 0 radical (unpaired) electrons. The Bertz CT molecular complexity index is 909. The first kappa shape index (κ1) is 15.6. The SMILES string of the molecule is O=c1n(Cc2cn(C3CCOCC3)nn2)nnn1-c1ccc(F)cc1. The minimum atomic E-state index is -0.424. The van der Waals surface area contributed by atoms with Crippen LogP contribution in [0.5, 0.6) is 0 Å². The van der Waals surface area contributed by atoms with Gasteiger partial charge in [0.25, 0.3) is 0 Å². The monoisotopic (exact) mass is 345 g/mol. The standard InChI is InChI=1S/C15H16FN7O2/c16-11-1-3-14(4-2-11)23-15(24)22(19-20-23)10-12-9-21(18-17-12)13-5-7-25-8-6-13/h1-4,9,13H,5-8,10H2. The number of hydrogen-bond donors (Lipinski definition) is 0. The summed E-state index contributed by atoms with van der Waals surface area (Å²) in [5.41, 5.74) is 0.649. The Balaban J connectivity index is 1.53. The fraction of sp³-hybridized carbons (Fsp3) is 0.400. The third kappa shape index (κ3) is 3.20. The van der Waals surface area contributed by atoms with Gasteiger partial charge in [-0.3, -0.25) is 0 Å². The van der Waals surface area contributed by atoms with Crippen LogP contribution < -0.4 is 5.69 Å². The minimum Gasteiger partial charge on any atom is -0.381 e. The molecule has 2 aromatic heterocycles. The summed E-state index contributed by atoms with van der Waals surface area (Å²) in [5, 5.41) is 15.9. The van der Waals surface area contributed by atoms with Crippen LogP contribution in [-0.4, -0.2) is 48.0 Å². The Kier molecular flexibility index (Phi) is 4.10. The zero-order valence-electron chi connectivity index (χ0n) is 13.3. The highest BCUT2D eigenvalue weighted by molar-refractivity contribution is 5.29. The topological polar surface area (TPSA) is 92.7 Å². The van der Waals surface area contributed by atoms with E-state index in [0.29, 0.717) is 24.6 Å². The number of halogens is 1. The van der Waals surface area contributed by atoms with Crippen LogP contribution in [0.3, 0.4) is 0 Å². The molecule has 25 heavy (non-hydrogen) atoms. The molecule has 0 bridgehead atoms. The molecule has 0 unspecified atom stereocenters. The number of rotatable bonds is 4. The largest absolute Gasteiger partial charge is 0.381 e. The smallest absolute Gasteiger partial charge is 0.368 e. The average Bonchev–Trinajstić information content (AvgIpc) is 3.25. The lowest BCUT2D eigenvalue weighted by Gasteiger charge is -2.21. The normalized spacial score (nSPS) is 15.6. The zero-order chi connectivity index (χ0) is 17.2. The average molecular weight is 345 g/mol. The lowest BCUT2D eigenvalue weighted by atomic mass is 10.1. The van der Waals surface area contributed by atoms with Crippen molar-refractivity contribution in [1.82, 2.24) is 34.8 Å². The highest BCUT2D eigenvalue weighted by Gasteiger charge is 2.18. The van der Waals surface area contributed by atoms with Gasteiger partial charge in [-0.1, -0.05) is 5.21 Å². The molecule has 4 rings (SSSR count). The first-order valence-corrected chi connectivity index (χ1v) is 7.98. The third-order valence-corrected chi connectivity index (χ3v) is 4.15. The fourth-order valence-corrected chi connectivity index (χ4v) is 2.79. The van der Waals surface area contributed by atoms with Crippen LogP contribution in [0.25, 0.3) is 5.69 Å². The summed E-state index contributed by atoms with van der Waals surface area (Å²) in [6.07, 6.45) is 3.60. The Morgan fingerprint density at radius 1 is 1.12 bits per heavy atom. The van der Waals surface area contributed by atoms with Crippen molar-refractivity contribution in [2.45, 2.75) is 25.4 Å². The van der Waals surface area contributed by atoms with Gasteiger partial charge < -0.3 is 4.74 Å². The van der Waals surface area contributed by atoms with E-state index in [1.165, 1.54) is 28.9 Å². The van der Waals surface area contributed by atoms with Crippen molar-refractivity contribution in [3.05, 3.63) is 52.5 Å². The minimum absolute atomic E-state index is 0.170. The van der Waals surface area contributed by atoms with E-state index in [9.17, 15) is 9.18 Å². The highest BCUT2D eigenvalue weighted by Crippen LogP contribution is 2.19. The summed E-state index contributed by atoms with van der Waals surface area (Å²) in [6, 6.07) is 5.73. The van der Waals surface area contributed by atoms with Gasteiger partial charge in [-0.05, 0) is 47.5 Å². The van der Waals surface area contributed by atoms with Crippen molar-refractivity contribution in [2.24, 2.45) is 0 Å². The van der Waals surface area contributed by atoms with Crippen molar-refractivity contribution < 1.29 is 9.13 Å². The summed E-state index contributed by atoms with van der Waals surface area (Å²) in [7, 11) is 0. The number of hydrogen-bond acceptors (Lipinski definition) is 6. The van der Waals surface area contributed by atoms with Crippen molar-refractivity contribution in [3.8, 4) is 5.69 Å². The summed E-state index contributed by atoms with van der Waals surface area (Å²) in [4.78, 5) is 12.4. The van der Waals surface area contributed by atoms with Gasteiger partial charge in [0, 0.05) is 13.2 Å². The van der Waals surface area contributed by atoms with Gasteiger partial charge in [0.15, 0.2) is 0 Å². The van der Waals surface area contributed by atoms with Crippen LogP contribution in [0, 0.1) is 5.82 Å². The molecule has 0 saturated carbocycles. The van der Waals surface area contributed by atoms with Crippen LogP contribution in [-0.2, 0) is 11.3 Å². The summed E-state index contributed by atoms with van der Waals surface area (Å²) in [5.74, 6) is -0.381. The predicted molar refractivity (Wildman–Crippen MR) is 83.8 cm³/mol. The predicted octanol–water partition coefficient (Wildman–Crippen LogP) is 0.559. The maximum Gasteiger partial charge on any atom is 0.368 e. The fourth-order valence-electron chi connectivity index (χ4n) is 2.79. The molecular formula is C15H16FN7O2. The summed E-state index contributed by atoms with van der Waals surface area (Å²) < 4.78 is 22.5. The Morgan fingerprint density at radius 2 is 1.88 bits per heavy atom. The second-order valence-corrected chi connectivity index (χ2v) is 5.84. The van der Waals surface area contributed by atoms with Crippen molar-refractivity contribution >= 4 is 0 Å². The molecule has 0 amide bonds. The van der Waals surface area contributed by atoms with Gasteiger partial charge >= 0.3 is 5.69 Å². The molecule has 1 saturated heterocycles. The molecule has 1 fully saturated rings. The van der Waals surface area contributed by atoms with Gasteiger partial charge in [-0.25, -0.2) is 13.9 Å².